The molecular formula is C14H30N2O. The Morgan fingerprint density at radius 3 is 3.00 bits per heavy atom. The van der Waals surface area contributed by atoms with E-state index < -0.39 is 0 Å². The second-order valence-electron chi connectivity index (χ2n) is 5.29. The van der Waals surface area contributed by atoms with Gasteiger partial charge in [0.15, 0.2) is 0 Å². The van der Waals surface area contributed by atoms with E-state index in [1.807, 2.05) is 0 Å². The van der Waals surface area contributed by atoms with E-state index in [2.05, 4.69) is 17.6 Å². The van der Waals surface area contributed by atoms with Crippen molar-refractivity contribution >= 4 is 0 Å². The van der Waals surface area contributed by atoms with E-state index in [9.17, 15) is 0 Å². The van der Waals surface area contributed by atoms with Crippen molar-refractivity contribution in [3.63, 3.8) is 0 Å². The predicted molar refractivity (Wildman–Crippen MR) is 73.5 cm³/mol. The van der Waals surface area contributed by atoms with Crippen LogP contribution in [0.1, 0.15) is 51.9 Å². The molecule has 102 valence electrons. The Labute approximate surface area is 107 Å². The molecule has 0 amide bonds. The summed E-state index contributed by atoms with van der Waals surface area (Å²) < 4.78 is 5.05. The number of rotatable bonds is 8. The van der Waals surface area contributed by atoms with Crippen LogP contribution in [-0.2, 0) is 4.74 Å². The monoisotopic (exact) mass is 242 g/mol. The maximum atomic E-state index is 5.05. The third kappa shape index (κ3) is 7.74. The van der Waals surface area contributed by atoms with Gasteiger partial charge in [-0.2, -0.15) is 0 Å². The third-order valence-electron chi connectivity index (χ3n) is 3.57. The highest BCUT2D eigenvalue weighted by atomic mass is 16.5. The van der Waals surface area contributed by atoms with Gasteiger partial charge in [0.2, 0.25) is 0 Å². The summed E-state index contributed by atoms with van der Waals surface area (Å²) in [5.74, 6) is 0. The summed E-state index contributed by atoms with van der Waals surface area (Å²) in [7, 11) is 1.77. The van der Waals surface area contributed by atoms with Crippen molar-refractivity contribution in [3.05, 3.63) is 0 Å². The smallest absolute Gasteiger partial charge is 0.0462 e. The summed E-state index contributed by atoms with van der Waals surface area (Å²) in [5, 5.41) is 7.28. The predicted octanol–water partition coefficient (Wildman–Crippen LogP) is 2.31. The molecule has 3 heteroatoms. The van der Waals surface area contributed by atoms with Crippen LogP contribution < -0.4 is 10.6 Å². The Morgan fingerprint density at radius 2 is 2.18 bits per heavy atom. The first kappa shape index (κ1) is 14.9. The Morgan fingerprint density at radius 1 is 1.29 bits per heavy atom. The number of nitrogens with one attached hydrogen (secondary N) is 2. The molecule has 3 nitrogen and oxygen atoms in total. The van der Waals surface area contributed by atoms with Crippen molar-refractivity contribution in [2.24, 2.45) is 0 Å². The average Bonchev–Trinajstić information content (AvgIpc) is 2.57. The quantitative estimate of drug-likeness (QED) is 0.641. The van der Waals surface area contributed by atoms with E-state index in [-0.39, 0.29) is 0 Å². The summed E-state index contributed by atoms with van der Waals surface area (Å²) >= 11 is 0. The van der Waals surface area contributed by atoms with Gasteiger partial charge in [-0.1, -0.05) is 12.8 Å². The van der Waals surface area contributed by atoms with Crippen molar-refractivity contribution in [2.75, 3.05) is 26.8 Å². The molecule has 0 aliphatic carbocycles. The highest BCUT2D eigenvalue weighted by Crippen LogP contribution is 2.12. The molecule has 0 saturated carbocycles. The fourth-order valence-corrected chi connectivity index (χ4v) is 2.53. The molecule has 17 heavy (non-hydrogen) atoms. The minimum Gasteiger partial charge on any atom is -0.385 e. The molecule has 0 radical (unpaired) electrons. The molecule has 0 aromatic carbocycles. The van der Waals surface area contributed by atoms with E-state index in [1.54, 1.807) is 7.11 Å². The first-order valence-corrected chi connectivity index (χ1v) is 7.28. The fourth-order valence-electron chi connectivity index (χ4n) is 2.53. The standard InChI is InChI=1S/C14H30N2O/c1-13(15-9-6-7-11-17-2)12-14-8-4-3-5-10-16-14/h13-16H,3-12H2,1-2H3. The zero-order valence-corrected chi connectivity index (χ0v) is 11.6. The Hall–Kier alpha value is -0.120. The average molecular weight is 242 g/mol. The lowest BCUT2D eigenvalue weighted by atomic mass is 10.0. The molecule has 1 saturated heterocycles. The first-order valence-electron chi connectivity index (χ1n) is 7.28. The van der Waals surface area contributed by atoms with Crippen LogP contribution in [0.15, 0.2) is 0 Å². The van der Waals surface area contributed by atoms with Crippen molar-refractivity contribution in [1.29, 1.82) is 0 Å². The van der Waals surface area contributed by atoms with E-state index in [4.69, 9.17) is 4.74 Å². The summed E-state index contributed by atoms with van der Waals surface area (Å²) in [5.41, 5.74) is 0. The van der Waals surface area contributed by atoms with Crippen LogP contribution in [0.3, 0.4) is 0 Å². The second kappa shape index (κ2) is 9.86. The number of unbranched alkanes of at least 4 members (excludes halogenated alkanes) is 1. The lowest BCUT2D eigenvalue weighted by Crippen LogP contribution is -2.37. The normalized spacial score (nSPS) is 23.3. The van der Waals surface area contributed by atoms with E-state index in [0.717, 1.165) is 25.6 Å². The summed E-state index contributed by atoms with van der Waals surface area (Å²) in [4.78, 5) is 0. The highest BCUT2D eigenvalue weighted by molar-refractivity contribution is 4.75. The third-order valence-corrected chi connectivity index (χ3v) is 3.57. The maximum Gasteiger partial charge on any atom is 0.0462 e. The maximum absolute atomic E-state index is 5.05. The molecule has 0 aromatic heterocycles. The van der Waals surface area contributed by atoms with Crippen molar-refractivity contribution in [2.45, 2.75) is 64.0 Å². The largest absolute Gasteiger partial charge is 0.385 e. The van der Waals surface area contributed by atoms with Crippen LogP contribution in [0.5, 0.6) is 0 Å². The topological polar surface area (TPSA) is 33.3 Å². The summed E-state index contributed by atoms with van der Waals surface area (Å²) in [6.07, 6.45) is 9.17. The fraction of sp³-hybridized carbons (Fsp3) is 1.00. The number of hydrogen-bond acceptors (Lipinski definition) is 3. The van der Waals surface area contributed by atoms with Crippen LogP contribution in [0, 0.1) is 0 Å². The van der Waals surface area contributed by atoms with Gasteiger partial charge in [-0.15, -0.1) is 0 Å². The van der Waals surface area contributed by atoms with Crippen LogP contribution in [0.4, 0.5) is 0 Å². The molecule has 1 aliphatic heterocycles. The molecule has 2 atom stereocenters. The van der Waals surface area contributed by atoms with Gasteiger partial charge in [-0.25, -0.2) is 0 Å². The van der Waals surface area contributed by atoms with Gasteiger partial charge in [-0.3, -0.25) is 0 Å². The molecule has 1 heterocycles. The molecule has 0 spiro atoms. The van der Waals surface area contributed by atoms with Gasteiger partial charge in [0, 0.05) is 25.8 Å². The van der Waals surface area contributed by atoms with Gasteiger partial charge < -0.3 is 15.4 Å². The van der Waals surface area contributed by atoms with Gasteiger partial charge >= 0.3 is 0 Å². The molecule has 1 rings (SSSR count). The molecule has 1 aliphatic rings. The molecule has 2 unspecified atom stereocenters. The van der Waals surface area contributed by atoms with Gasteiger partial charge in [0.25, 0.3) is 0 Å². The van der Waals surface area contributed by atoms with Crippen LogP contribution in [0.2, 0.25) is 0 Å². The van der Waals surface area contributed by atoms with E-state index in [0.29, 0.717) is 6.04 Å². The minimum atomic E-state index is 0.633. The summed E-state index contributed by atoms with van der Waals surface area (Å²) in [6, 6.07) is 1.37. The SMILES string of the molecule is COCCCCNC(C)CC1CCCCCN1. The molecule has 0 aromatic rings. The summed E-state index contributed by atoms with van der Waals surface area (Å²) in [6.45, 7) is 5.53. The number of ether oxygens (including phenoxy) is 1. The van der Waals surface area contributed by atoms with E-state index >= 15 is 0 Å². The molecule has 2 N–H and O–H groups in total. The minimum absolute atomic E-state index is 0.633. The second-order valence-corrected chi connectivity index (χ2v) is 5.29. The Balaban J connectivity index is 2.00. The molecule has 1 fully saturated rings. The van der Waals surface area contributed by atoms with Crippen molar-refractivity contribution in [3.8, 4) is 0 Å². The lowest BCUT2D eigenvalue weighted by Gasteiger charge is -2.21. The van der Waals surface area contributed by atoms with Gasteiger partial charge in [0.1, 0.15) is 0 Å². The lowest BCUT2D eigenvalue weighted by molar-refractivity contribution is 0.192. The van der Waals surface area contributed by atoms with Crippen LogP contribution in [-0.4, -0.2) is 38.9 Å². The first-order chi connectivity index (χ1) is 8.33. The van der Waals surface area contributed by atoms with Crippen molar-refractivity contribution in [1.82, 2.24) is 10.6 Å². The number of hydrogen-bond donors (Lipinski definition) is 2. The zero-order chi connectivity index (χ0) is 12.3. The van der Waals surface area contributed by atoms with Crippen molar-refractivity contribution < 1.29 is 4.74 Å². The highest BCUT2D eigenvalue weighted by Gasteiger charge is 2.14. The molecular weight excluding hydrogens is 212 g/mol. The van der Waals surface area contributed by atoms with Crippen LogP contribution >= 0.6 is 0 Å². The Bertz CT molecular complexity index is 168. The molecule has 0 bridgehead atoms. The van der Waals surface area contributed by atoms with Gasteiger partial charge in [-0.05, 0) is 52.1 Å². The van der Waals surface area contributed by atoms with E-state index in [1.165, 1.54) is 45.1 Å². The Kier molecular flexibility index (Phi) is 8.67. The zero-order valence-electron chi connectivity index (χ0n) is 11.6. The van der Waals surface area contributed by atoms with Crippen LogP contribution in [0.25, 0.3) is 0 Å². The number of methoxy groups -OCH3 is 1. The van der Waals surface area contributed by atoms with Gasteiger partial charge in [0.05, 0.1) is 0 Å².